The number of aliphatic imine (C=N–C) groups is 4. The molecule has 14 rings (SSSR count). The van der Waals surface area contributed by atoms with E-state index in [0.29, 0.717) is 68.2 Å². The first kappa shape index (κ1) is 54.0. The predicted molar refractivity (Wildman–Crippen MR) is 336 cm³/mol. The van der Waals surface area contributed by atoms with Crippen LogP contribution >= 0.6 is 47.0 Å². The lowest BCUT2D eigenvalue weighted by Gasteiger charge is -2.13. The van der Waals surface area contributed by atoms with E-state index in [4.69, 9.17) is 39.4 Å². The van der Waals surface area contributed by atoms with E-state index in [1.807, 2.05) is 84.9 Å². The molecule has 8 aromatic carbocycles. The molecular formula is C67H50N8O6S4. The molecular weight excluding hydrogens is 1140 g/mol. The Morgan fingerprint density at radius 3 is 1.14 bits per heavy atom. The Kier molecular flexibility index (Phi) is 14.6. The van der Waals surface area contributed by atoms with Crippen LogP contribution in [0.2, 0.25) is 0 Å². The van der Waals surface area contributed by atoms with Crippen LogP contribution in [0, 0.1) is 13.8 Å². The van der Waals surface area contributed by atoms with Crippen LogP contribution in [0.25, 0.3) is 21.5 Å². The van der Waals surface area contributed by atoms with E-state index in [9.17, 15) is 19.8 Å². The smallest absolute Gasteiger partial charge is 0.303 e. The molecule has 0 amide bonds. The van der Waals surface area contributed by atoms with E-state index in [0.717, 1.165) is 83.3 Å². The van der Waals surface area contributed by atoms with Gasteiger partial charge in [-0.15, -0.1) is 0 Å². The zero-order valence-corrected chi connectivity index (χ0v) is 49.1. The number of nitrogens with zero attached hydrogens (tertiary/aromatic N) is 8. The van der Waals surface area contributed by atoms with Gasteiger partial charge in [-0.3, -0.25) is 18.7 Å². The summed E-state index contributed by atoms with van der Waals surface area (Å²) >= 11 is 6.55. The monoisotopic (exact) mass is 1190 g/mol. The van der Waals surface area contributed by atoms with Crippen LogP contribution in [0.3, 0.4) is 0 Å². The van der Waals surface area contributed by atoms with E-state index < -0.39 is 11.9 Å². The van der Waals surface area contributed by atoms with Gasteiger partial charge >= 0.3 is 11.9 Å². The summed E-state index contributed by atoms with van der Waals surface area (Å²) < 4.78 is 17.7. The number of aromatic nitrogens is 2. The number of carbonyl (C=O) groups is 2. The normalized spacial score (nSPS) is 15.5. The molecule has 0 radical (unpaired) electrons. The Balaban J connectivity index is 1.16. The molecule has 6 heterocycles. The van der Waals surface area contributed by atoms with Crippen LogP contribution in [0.5, 0.6) is 11.5 Å². The molecule has 6 bridgehead atoms. The summed E-state index contributed by atoms with van der Waals surface area (Å²) in [5.74, 6) is 1.98. The highest BCUT2D eigenvalue weighted by atomic mass is 32.2. The minimum atomic E-state index is -0.933. The number of aliphatic carboxylic acids is 2. The summed E-state index contributed by atoms with van der Waals surface area (Å²) in [7, 11) is 0. The van der Waals surface area contributed by atoms with Gasteiger partial charge in [0, 0.05) is 85.0 Å². The quantitative estimate of drug-likeness (QED) is 0.0786. The molecule has 0 saturated heterocycles. The van der Waals surface area contributed by atoms with Crippen molar-refractivity contribution in [1.29, 1.82) is 0 Å². The van der Waals surface area contributed by atoms with Crippen molar-refractivity contribution in [2.75, 3.05) is 13.2 Å². The fourth-order valence-electron chi connectivity index (χ4n) is 11.0. The van der Waals surface area contributed by atoms with Crippen molar-refractivity contribution in [3.63, 3.8) is 0 Å². The molecule has 0 atom stereocenters. The number of benzene rings is 8. The predicted octanol–water partition coefficient (Wildman–Crippen LogP) is 14.8. The second-order valence-electron chi connectivity index (χ2n) is 20.5. The van der Waals surface area contributed by atoms with E-state index in [1.165, 1.54) is 0 Å². The SMILES string of the molecule is Cc1ccc(Sc2ccccc2)c2c1/C1=N/c3c4c(Sc5ccccc5)ccc(Sc5ccccc5)c4c4n3Cn3/c(c5c(OCCCC(=O)O)ccc(OCCCC(=O)O)c5/c3=N/C3=NC(=N\4)/c4c(C)ccc(Sc5ccccc5)c43)=N\C2=N1. The molecule has 10 aromatic rings. The van der Waals surface area contributed by atoms with Gasteiger partial charge in [0.05, 0.1) is 24.0 Å². The number of ether oxygens (including phenoxy) is 2. The Morgan fingerprint density at radius 1 is 0.412 bits per heavy atom. The summed E-state index contributed by atoms with van der Waals surface area (Å²) in [4.78, 5) is 66.0. The van der Waals surface area contributed by atoms with Crippen molar-refractivity contribution in [2.45, 2.75) is 85.4 Å². The first-order valence-corrected chi connectivity index (χ1v) is 30.9. The van der Waals surface area contributed by atoms with Gasteiger partial charge in [-0.2, -0.15) is 0 Å². The Morgan fingerprint density at radius 2 is 0.765 bits per heavy atom. The molecule has 0 fully saturated rings. The number of carboxylic acids is 2. The maximum absolute atomic E-state index is 11.9. The van der Waals surface area contributed by atoms with E-state index in [-0.39, 0.29) is 45.6 Å². The molecule has 14 nitrogen and oxygen atoms in total. The first-order chi connectivity index (χ1) is 41.6. The van der Waals surface area contributed by atoms with E-state index in [1.54, 1.807) is 47.0 Å². The topological polar surface area (TPSA) is 177 Å². The lowest BCUT2D eigenvalue weighted by atomic mass is 10.0. The second-order valence-corrected chi connectivity index (χ2v) is 25.0. The van der Waals surface area contributed by atoms with E-state index >= 15 is 0 Å². The zero-order valence-electron chi connectivity index (χ0n) is 45.9. The van der Waals surface area contributed by atoms with Crippen LogP contribution < -0.4 is 20.4 Å². The van der Waals surface area contributed by atoms with Gasteiger partial charge in [-0.1, -0.05) is 132 Å². The van der Waals surface area contributed by atoms with Crippen LogP contribution in [0.4, 0.5) is 11.6 Å². The van der Waals surface area contributed by atoms with Gasteiger partial charge in [-0.05, 0) is 123 Å². The van der Waals surface area contributed by atoms with Gasteiger partial charge in [0.25, 0.3) is 0 Å². The van der Waals surface area contributed by atoms with Gasteiger partial charge in [0.1, 0.15) is 40.8 Å². The Hall–Kier alpha value is -8.94. The zero-order chi connectivity index (χ0) is 57.7. The summed E-state index contributed by atoms with van der Waals surface area (Å²) in [6, 6.07) is 57.6. The van der Waals surface area contributed by atoms with Gasteiger partial charge in [-0.25, -0.2) is 30.0 Å². The molecule has 0 saturated carbocycles. The van der Waals surface area contributed by atoms with Gasteiger partial charge < -0.3 is 19.7 Å². The molecule has 2 aromatic heterocycles. The molecule has 4 aliphatic rings. The fraction of sp³-hybridized carbons (Fsp3) is 0.134. The molecule has 0 unspecified atom stereocenters. The highest BCUT2D eigenvalue weighted by Gasteiger charge is 2.36. The third-order valence-electron chi connectivity index (χ3n) is 14.8. The van der Waals surface area contributed by atoms with E-state index in [2.05, 4.69) is 108 Å². The first-order valence-electron chi connectivity index (χ1n) is 27.7. The highest BCUT2D eigenvalue weighted by Crippen LogP contribution is 2.52. The summed E-state index contributed by atoms with van der Waals surface area (Å²) in [5.41, 5.74) is 6.07. The molecule has 2 N–H and O–H groups in total. The maximum atomic E-state index is 11.9. The highest BCUT2D eigenvalue weighted by molar-refractivity contribution is 8.00. The summed E-state index contributed by atoms with van der Waals surface area (Å²) in [6.07, 6.45) is 0.266. The molecule has 418 valence electrons. The third kappa shape index (κ3) is 10.3. The third-order valence-corrected chi connectivity index (χ3v) is 19.1. The van der Waals surface area contributed by atoms with Crippen molar-refractivity contribution in [3.05, 3.63) is 214 Å². The Labute approximate surface area is 504 Å². The fourth-order valence-corrected chi connectivity index (χ4v) is 14.9. The molecule has 4 aliphatic heterocycles. The maximum Gasteiger partial charge on any atom is 0.303 e. The van der Waals surface area contributed by atoms with Crippen molar-refractivity contribution in [2.24, 2.45) is 30.0 Å². The molecule has 85 heavy (non-hydrogen) atoms. The van der Waals surface area contributed by atoms with Gasteiger partial charge in [0.15, 0.2) is 23.3 Å². The van der Waals surface area contributed by atoms with Crippen molar-refractivity contribution >= 4 is 116 Å². The number of hydrogen-bond donors (Lipinski definition) is 2. The number of hydrogen-bond acceptors (Lipinski definition) is 14. The number of fused-ring (bicyclic) bond motifs is 14. The lowest BCUT2D eigenvalue weighted by Crippen LogP contribution is -2.32. The molecule has 0 aliphatic carbocycles. The molecule has 18 heteroatoms. The lowest BCUT2D eigenvalue weighted by molar-refractivity contribution is -0.138. The average molecular weight is 1190 g/mol. The van der Waals surface area contributed by atoms with Crippen LogP contribution in [0.15, 0.2) is 239 Å². The minimum absolute atomic E-state index is 0.0590. The standard InChI is InChI=1S/C67H50N8O6S4/c1-38-27-31-46(82-40-17-7-3-8-18-40)56-52(38)60-68-62(56)72-64-54-44(80-35-15-25-50(76)77)29-30-45(81-36-16-26-51(78)79)55(54)65-73-63-57-47(83-41-19-9-4-10-20-41)32-28-39(2)53(57)61(69-63)71-67-59-49(85-43-23-13-6-14-24-43)34-33-48(84-42-21-11-5-12-22-42)58(59)66(70-60)75(67)37-74(64)65/h3-14,17-24,27-34H,15-16,25-26,35-37H2,1-2H3,(H,76,77)(H,78,79)/b70-60-,70-66?,71-61-,71-67?,72-62?,72-64-,73-63?,73-65-. The van der Waals surface area contributed by atoms with Gasteiger partial charge in [0.2, 0.25) is 0 Å². The summed E-state index contributed by atoms with van der Waals surface area (Å²) in [5, 5.41) is 22.3. The Bertz CT molecular complexity index is 4370. The number of rotatable bonds is 18. The van der Waals surface area contributed by atoms with Crippen molar-refractivity contribution < 1.29 is 29.3 Å². The number of carboxylic acid groups (broad SMARTS) is 2. The number of aryl methyl sites for hydroxylation is 2. The molecule has 0 spiro atoms. The van der Waals surface area contributed by atoms with Crippen LogP contribution in [0.1, 0.15) is 59.1 Å². The summed E-state index contributed by atoms with van der Waals surface area (Å²) in [6.45, 7) is 4.37. The van der Waals surface area contributed by atoms with Crippen molar-refractivity contribution in [3.8, 4) is 11.5 Å². The minimum Gasteiger partial charge on any atom is -0.493 e. The largest absolute Gasteiger partial charge is 0.493 e. The average Bonchev–Trinajstić information content (AvgIpc) is 2.72. The van der Waals surface area contributed by atoms with Crippen LogP contribution in [-0.4, -0.2) is 67.8 Å². The van der Waals surface area contributed by atoms with Crippen molar-refractivity contribution in [1.82, 2.24) is 9.13 Å². The van der Waals surface area contributed by atoms with Crippen LogP contribution in [-0.2, 0) is 16.3 Å². The second kappa shape index (κ2) is 22.9. The number of amidine groups is 4.